The van der Waals surface area contributed by atoms with Crippen molar-refractivity contribution in [3.63, 3.8) is 0 Å². The minimum absolute atomic E-state index is 0.514. The van der Waals surface area contributed by atoms with E-state index in [1.807, 2.05) is 33.8 Å². The lowest BCUT2D eigenvalue weighted by Gasteiger charge is -2.21. The first-order valence-electron chi connectivity index (χ1n) is 5.78. The Morgan fingerprint density at radius 2 is 2.06 bits per heavy atom. The number of benzene rings is 1. The maximum atomic E-state index is 11.7. The number of ether oxygens (including phenoxy) is 2. The lowest BCUT2D eigenvalue weighted by atomic mass is 10.2. The highest BCUT2D eigenvalue weighted by Crippen LogP contribution is 2.31. The van der Waals surface area contributed by atoms with Gasteiger partial charge in [0, 0.05) is 4.90 Å². The zero-order chi connectivity index (χ0) is 13.8. The first kappa shape index (κ1) is 14.7. The van der Waals surface area contributed by atoms with Crippen molar-refractivity contribution in [3.05, 3.63) is 18.2 Å². The van der Waals surface area contributed by atoms with Crippen molar-refractivity contribution in [2.75, 3.05) is 11.9 Å². The summed E-state index contributed by atoms with van der Waals surface area (Å²) in [7, 11) is 0. The normalized spacial score (nSPS) is 10.9. The molecule has 1 rings (SSSR count). The average molecular weight is 269 g/mol. The molecule has 0 fully saturated rings. The Kier molecular flexibility index (Phi) is 4.90. The van der Waals surface area contributed by atoms with Crippen LogP contribution in [0.25, 0.3) is 0 Å². The van der Waals surface area contributed by atoms with E-state index in [1.165, 1.54) is 0 Å². The van der Waals surface area contributed by atoms with E-state index in [2.05, 4.69) is 17.9 Å². The third-order valence-electron chi connectivity index (χ3n) is 1.93. The van der Waals surface area contributed by atoms with E-state index in [0.29, 0.717) is 22.9 Å². The predicted molar refractivity (Wildman–Crippen MR) is 74.7 cm³/mol. The molecule has 0 saturated carbocycles. The Labute approximate surface area is 113 Å². The third kappa shape index (κ3) is 4.49. The van der Waals surface area contributed by atoms with E-state index in [9.17, 15) is 4.79 Å². The molecule has 1 amide bonds. The molecule has 18 heavy (non-hydrogen) atoms. The molecular formula is C13H19NO3S. The first-order chi connectivity index (χ1) is 8.33. The molecule has 0 aliphatic carbocycles. The summed E-state index contributed by atoms with van der Waals surface area (Å²) in [5, 5.41) is 2.66. The molecule has 0 heterocycles. The summed E-state index contributed by atoms with van der Waals surface area (Å²) in [6, 6.07) is 5.36. The molecular weight excluding hydrogens is 250 g/mol. The van der Waals surface area contributed by atoms with Crippen LogP contribution in [-0.4, -0.2) is 18.3 Å². The molecule has 0 radical (unpaired) electrons. The van der Waals surface area contributed by atoms with Crippen LogP contribution in [0.4, 0.5) is 10.5 Å². The van der Waals surface area contributed by atoms with Gasteiger partial charge in [-0.15, -0.1) is 12.6 Å². The fraction of sp³-hybridized carbons (Fsp3) is 0.462. The van der Waals surface area contributed by atoms with Gasteiger partial charge in [-0.25, -0.2) is 4.79 Å². The summed E-state index contributed by atoms with van der Waals surface area (Å²) in [4.78, 5) is 12.3. The number of amides is 1. The maximum absolute atomic E-state index is 11.7. The van der Waals surface area contributed by atoms with E-state index < -0.39 is 11.7 Å². The molecule has 0 spiro atoms. The number of rotatable bonds is 3. The van der Waals surface area contributed by atoms with Crippen molar-refractivity contribution in [2.45, 2.75) is 38.2 Å². The lowest BCUT2D eigenvalue weighted by molar-refractivity contribution is 0.0635. The summed E-state index contributed by atoms with van der Waals surface area (Å²) < 4.78 is 10.6. The van der Waals surface area contributed by atoms with Crippen molar-refractivity contribution in [1.82, 2.24) is 0 Å². The van der Waals surface area contributed by atoms with E-state index in [4.69, 9.17) is 9.47 Å². The maximum Gasteiger partial charge on any atom is 0.412 e. The molecule has 0 bridgehead atoms. The SMILES string of the molecule is CCOc1cccc(S)c1NC(=O)OC(C)(C)C. The van der Waals surface area contributed by atoms with Crippen LogP contribution in [0.2, 0.25) is 0 Å². The smallest absolute Gasteiger partial charge is 0.412 e. The Morgan fingerprint density at radius 3 is 2.61 bits per heavy atom. The highest BCUT2D eigenvalue weighted by atomic mass is 32.1. The number of nitrogens with one attached hydrogen (secondary N) is 1. The molecule has 5 heteroatoms. The Bertz CT molecular complexity index is 427. The molecule has 1 N–H and O–H groups in total. The van der Waals surface area contributed by atoms with Gasteiger partial charge in [-0.2, -0.15) is 0 Å². The Hall–Kier alpha value is -1.36. The summed E-state index contributed by atoms with van der Waals surface area (Å²) in [6.45, 7) is 7.82. The van der Waals surface area contributed by atoms with Crippen LogP contribution in [0.1, 0.15) is 27.7 Å². The van der Waals surface area contributed by atoms with Crippen LogP contribution >= 0.6 is 12.6 Å². The van der Waals surface area contributed by atoms with Gasteiger partial charge in [-0.3, -0.25) is 5.32 Å². The molecule has 0 aromatic heterocycles. The molecule has 1 aromatic carbocycles. The zero-order valence-corrected chi connectivity index (χ0v) is 12.0. The third-order valence-corrected chi connectivity index (χ3v) is 2.30. The van der Waals surface area contributed by atoms with E-state index >= 15 is 0 Å². The zero-order valence-electron chi connectivity index (χ0n) is 11.1. The average Bonchev–Trinajstić information content (AvgIpc) is 2.21. The van der Waals surface area contributed by atoms with Crippen LogP contribution in [0.5, 0.6) is 5.75 Å². The van der Waals surface area contributed by atoms with Crippen LogP contribution in [0.3, 0.4) is 0 Å². The van der Waals surface area contributed by atoms with Crippen LogP contribution in [0, 0.1) is 0 Å². The van der Waals surface area contributed by atoms with Gasteiger partial charge in [0.05, 0.1) is 12.3 Å². The second-order valence-corrected chi connectivity index (χ2v) is 5.19. The van der Waals surface area contributed by atoms with Gasteiger partial charge < -0.3 is 9.47 Å². The highest BCUT2D eigenvalue weighted by Gasteiger charge is 2.18. The van der Waals surface area contributed by atoms with Gasteiger partial charge in [-0.05, 0) is 39.8 Å². The van der Waals surface area contributed by atoms with Crippen LogP contribution in [-0.2, 0) is 4.74 Å². The largest absolute Gasteiger partial charge is 0.492 e. The second-order valence-electron chi connectivity index (χ2n) is 4.71. The number of thiol groups is 1. The fourth-order valence-electron chi connectivity index (χ4n) is 1.33. The summed E-state index contributed by atoms with van der Waals surface area (Å²) in [5.41, 5.74) is -0.0153. The number of hydrogen-bond donors (Lipinski definition) is 2. The number of carbonyl (C=O) groups excluding carboxylic acids is 1. The molecule has 0 aliphatic heterocycles. The van der Waals surface area contributed by atoms with Gasteiger partial charge in [0.15, 0.2) is 0 Å². The summed E-state index contributed by atoms with van der Waals surface area (Å²) in [6.07, 6.45) is -0.523. The standard InChI is InChI=1S/C13H19NO3S/c1-5-16-9-7-6-8-10(18)11(9)14-12(15)17-13(2,3)4/h6-8,18H,5H2,1-4H3,(H,14,15). The topological polar surface area (TPSA) is 47.6 Å². The van der Waals surface area contributed by atoms with E-state index in [1.54, 1.807) is 12.1 Å². The molecule has 100 valence electrons. The van der Waals surface area contributed by atoms with Gasteiger partial charge in [0.2, 0.25) is 0 Å². The number of para-hydroxylation sites is 1. The monoisotopic (exact) mass is 269 g/mol. The van der Waals surface area contributed by atoms with Gasteiger partial charge in [0.25, 0.3) is 0 Å². The van der Waals surface area contributed by atoms with Gasteiger partial charge in [-0.1, -0.05) is 6.07 Å². The van der Waals surface area contributed by atoms with E-state index in [-0.39, 0.29) is 0 Å². The van der Waals surface area contributed by atoms with Crippen molar-refractivity contribution < 1.29 is 14.3 Å². The number of anilines is 1. The van der Waals surface area contributed by atoms with Crippen LogP contribution in [0.15, 0.2) is 23.1 Å². The van der Waals surface area contributed by atoms with E-state index in [0.717, 1.165) is 0 Å². The van der Waals surface area contributed by atoms with Gasteiger partial charge in [0.1, 0.15) is 11.4 Å². The number of hydrogen-bond acceptors (Lipinski definition) is 4. The molecule has 0 saturated heterocycles. The quantitative estimate of drug-likeness (QED) is 0.822. The van der Waals surface area contributed by atoms with Crippen molar-refractivity contribution in [3.8, 4) is 5.75 Å². The summed E-state index contributed by atoms with van der Waals surface area (Å²) in [5.74, 6) is 0.579. The lowest BCUT2D eigenvalue weighted by Crippen LogP contribution is -2.27. The molecule has 0 aliphatic rings. The Balaban J connectivity index is 2.86. The molecule has 0 unspecified atom stereocenters. The van der Waals surface area contributed by atoms with Crippen LogP contribution < -0.4 is 10.1 Å². The first-order valence-corrected chi connectivity index (χ1v) is 6.23. The summed E-state index contributed by atoms with van der Waals surface area (Å²) >= 11 is 4.30. The molecule has 1 aromatic rings. The Morgan fingerprint density at radius 1 is 1.39 bits per heavy atom. The fourth-order valence-corrected chi connectivity index (χ4v) is 1.58. The van der Waals surface area contributed by atoms with Gasteiger partial charge >= 0.3 is 6.09 Å². The highest BCUT2D eigenvalue weighted by molar-refractivity contribution is 7.80. The minimum Gasteiger partial charge on any atom is -0.492 e. The van der Waals surface area contributed by atoms with Crippen molar-refractivity contribution in [2.24, 2.45) is 0 Å². The molecule has 4 nitrogen and oxygen atoms in total. The molecule has 0 atom stereocenters. The predicted octanol–water partition coefficient (Wildman–Crippen LogP) is 3.72. The number of carbonyl (C=O) groups is 1. The van der Waals surface area contributed by atoms with Crippen molar-refractivity contribution >= 4 is 24.4 Å². The van der Waals surface area contributed by atoms with Crippen molar-refractivity contribution in [1.29, 1.82) is 0 Å². The second kappa shape index (κ2) is 6.00. The minimum atomic E-state index is -0.540.